The Hall–Kier alpha value is -0.940. The number of halogens is 1. The lowest BCUT2D eigenvalue weighted by Gasteiger charge is -2.25. The first-order chi connectivity index (χ1) is 11.6. The van der Waals surface area contributed by atoms with Crippen molar-refractivity contribution in [2.45, 2.75) is 25.7 Å². The summed E-state index contributed by atoms with van der Waals surface area (Å²) in [6.07, 6.45) is 6.03. The third-order valence-corrected chi connectivity index (χ3v) is 5.45. The summed E-state index contributed by atoms with van der Waals surface area (Å²) < 4.78 is 26.5. The fourth-order valence-corrected chi connectivity index (χ4v) is 3.40. The van der Waals surface area contributed by atoms with E-state index in [2.05, 4.69) is 25.3 Å². The molecule has 25 heavy (non-hydrogen) atoms. The van der Waals surface area contributed by atoms with Crippen LogP contribution in [-0.4, -0.2) is 51.8 Å². The zero-order valence-corrected chi connectivity index (χ0v) is 17.7. The van der Waals surface area contributed by atoms with E-state index in [9.17, 15) is 8.42 Å². The molecule has 1 aliphatic carbocycles. The van der Waals surface area contributed by atoms with E-state index in [4.69, 9.17) is 0 Å². The predicted octanol–water partition coefficient (Wildman–Crippen LogP) is 1.13. The van der Waals surface area contributed by atoms with Crippen molar-refractivity contribution in [2.75, 3.05) is 32.4 Å². The van der Waals surface area contributed by atoms with E-state index in [0.29, 0.717) is 31.5 Å². The summed E-state index contributed by atoms with van der Waals surface area (Å²) in [6.45, 7) is 1.58. The van der Waals surface area contributed by atoms with Gasteiger partial charge in [-0.2, -0.15) is 0 Å². The zero-order chi connectivity index (χ0) is 17.3. The number of aliphatic imine (C=N–C) groups is 1. The molecule has 1 saturated carbocycles. The van der Waals surface area contributed by atoms with Gasteiger partial charge in [-0.25, -0.2) is 13.1 Å². The number of hydrogen-bond acceptors (Lipinski definition) is 4. The SMILES string of the molecule is CN=C(NCCc1ccccn1)NCCS(=O)(=O)NCC1CCC1.I. The molecule has 1 heterocycles. The topological polar surface area (TPSA) is 95.5 Å². The van der Waals surface area contributed by atoms with Gasteiger partial charge in [-0.1, -0.05) is 12.5 Å². The molecule has 0 atom stereocenters. The second kappa shape index (κ2) is 11.6. The van der Waals surface area contributed by atoms with E-state index in [0.717, 1.165) is 25.0 Å². The molecule has 7 nitrogen and oxygen atoms in total. The molecule has 142 valence electrons. The summed E-state index contributed by atoms with van der Waals surface area (Å²) in [4.78, 5) is 8.35. The molecule has 0 radical (unpaired) electrons. The molecule has 1 fully saturated rings. The molecule has 0 amide bonds. The highest BCUT2D eigenvalue weighted by molar-refractivity contribution is 14.0. The second-order valence-electron chi connectivity index (χ2n) is 5.96. The summed E-state index contributed by atoms with van der Waals surface area (Å²) in [5, 5.41) is 6.18. The zero-order valence-electron chi connectivity index (χ0n) is 14.6. The van der Waals surface area contributed by atoms with E-state index in [1.54, 1.807) is 13.2 Å². The summed E-state index contributed by atoms with van der Waals surface area (Å²) in [5.41, 5.74) is 1.00. The van der Waals surface area contributed by atoms with E-state index in [-0.39, 0.29) is 29.7 Å². The minimum atomic E-state index is -3.23. The van der Waals surface area contributed by atoms with Crippen LogP contribution in [0, 0.1) is 5.92 Å². The van der Waals surface area contributed by atoms with Crippen LogP contribution in [0.2, 0.25) is 0 Å². The van der Waals surface area contributed by atoms with Gasteiger partial charge in [0.15, 0.2) is 5.96 Å². The molecule has 1 aliphatic rings. The van der Waals surface area contributed by atoms with E-state index in [1.165, 1.54) is 6.42 Å². The Morgan fingerprint density at radius 2 is 2.04 bits per heavy atom. The number of nitrogens with one attached hydrogen (secondary N) is 3. The molecule has 0 aromatic carbocycles. The van der Waals surface area contributed by atoms with Gasteiger partial charge in [-0.15, -0.1) is 24.0 Å². The van der Waals surface area contributed by atoms with Crippen LogP contribution < -0.4 is 15.4 Å². The molecule has 3 N–H and O–H groups in total. The average molecular weight is 481 g/mol. The van der Waals surface area contributed by atoms with Gasteiger partial charge < -0.3 is 10.6 Å². The number of sulfonamides is 1. The third kappa shape index (κ3) is 8.82. The lowest BCUT2D eigenvalue weighted by molar-refractivity contribution is 0.316. The number of nitrogens with zero attached hydrogens (tertiary/aromatic N) is 2. The van der Waals surface area contributed by atoms with Crippen LogP contribution in [0.25, 0.3) is 0 Å². The molecule has 0 bridgehead atoms. The smallest absolute Gasteiger partial charge is 0.213 e. The molecule has 0 aliphatic heterocycles. The fraction of sp³-hybridized carbons (Fsp3) is 0.625. The largest absolute Gasteiger partial charge is 0.356 e. The minimum absolute atomic E-state index is 0. The number of hydrogen-bond donors (Lipinski definition) is 3. The number of pyridine rings is 1. The molecular weight excluding hydrogens is 453 g/mol. The highest BCUT2D eigenvalue weighted by Gasteiger charge is 2.19. The average Bonchev–Trinajstić information content (AvgIpc) is 2.52. The molecule has 0 saturated heterocycles. The Morgan fingerprint density at radius 3 is 2.64 bits per heavy atom. The van der Waals surface area contributed by atoms with Crippen molar-refractivity contribution < 1.29 is 8.42 Å². The number of rotatable bonds is 9. The van der Waals surface area contributed by atoms with Crippen LogP contribution in [-0.2, 0) is 16.4 Å². The van der Waals surface area contributed by atoms with Crippen molar-refractivity contribution in [1.82, 2.24) is 20.3 Å². The summed E-state index contributed by atoms with van der Waals surface area (Å²) in [5.74, 6) is 1.16. The van der Waals surface area contributed by atoms with Crippen molar-refractivity contribution >= 4 is 40.0 Å². The highest BCUT2D eigenvalue weighted by atomic mass is 127. The standard InChI is InChI=1S/C16H27N5O2S.HI/c1-17-16(19-10-8-15-7-2-3-9-18-15)20-11-12-24(22,23)21-13-14-5-4-6-14;/h2-3,7,9,14,21H,4-6,8,10-13H2,1H3,(H2,17,19,20);1H. The van der Waals surface area contributed by atoms with Crippen LogP contribution in [0.15, 0.2) is 29.4 Å². The number of guanidine groups is 1. The minimum Gasteiger partial charge on any atom is -0.356 e. The predicted molar refractivity (Wildman–Crippen MR) is 112 cm³/mol. The first-order valence-electron chi connectivity index (χ1n) is 8.41. The number of aromatic nitrogens is 1. The Labute approximate surface area is 167 Å². The molecule has 0 spiro atoms. The van der Waals surface area contributed by atoms with Gasteiger partial charge in [-0.05, 0) is 30.9 Å². The fourth-order valence-electron chi connectivity index (χ4n) is 2.39. The third-order valence-electron chi connectivity index (χ3n) is 4.10. The monoisotopic (exact) mass is 481 g/mol. The van der Waals surface area contributed by atoms with Crippen LogP contribution in [0.1, 0.15) is 25.0 Å². The Bertz CT molecular complexity index is 621. The van der Waals surface area contributed by atoms with Crippen molar-refractivity contribution in [3.05, 3.63) is 30.1 Å². The van der Waals surface area contributed by atoms with Crippen molar-refractivity contribution in [2.24, 2.45) is 10.9 Å². The van der Waals surface area contributed by atoms with Crippen molar-refractivity contribution in [3.63, 3.8) is 0 Å². The second-order valence-corrected chi connectivity index (χ2v) is 7.89. The van der Waals surface area contributed by atoms with Gasteiger partial charge >= 0.3 is 0 Å². The highest BCUT2D eigenvalue weighted by Crippen LogP contribution is 2.25. The molecule has 0 unspecified atom stereocenters. The summed E-state index contributed by atoms with van der Waals surface area (Å²) >= 11 is 0. The maximum Gasteiger partial charge on any atom is 0.213 e. The van der Waals surface area contributed by atoms with Gasteiger partial charge in [0.25, 0.3) is 0 Å². The van der Waals surface area contributed by atoms with Gasteiger partial charge in [0.1, 0.15) is 0 Å². The van der Waals surface area contributed by atoms with E-state index in [1.807, 2.05) is 18.2 Å². The Morgan fingerprint density at radius 1 is 1.28 bits per heavy atom. The molecule has 1 aromatic rings. The lowest BCUT2D eigenvalue weighted by atomic mass is 9.86. The van der Waals surface area contributed by atoms with Gasteiger partial charge in [0.2, 0.25) is 10.0 Å². The van der Waals surface area contributed by atoms with Crippen LogP contribution >= 0.6 is 24.0 Å². The van der Waals surface area contributed by atoms with Gasteiger partial charge in [0.05, 0.1) is 5.75 Å². The summed E-state index contributed by atoms with van der Waals surface area (Å²) in [7, 11) is -1.56. The maximum absolute atomic E-state index is 11.9. The summed E-state index contributed by atoms with van der Waals surface area (Å²) in [6, 6.07) is 5.81. The quantitative estimate of drug-likeness (QED) is 0.279. The van der Waals surface area contributed by atoms with E-state index < -0.39 is 10.0 Å². The maximum atomic E-state index is 11.9. The van der Waals surface area contributed by atoms with Crippen LogP contribution in [0.5, 0.6) is 0 Å². The van der Waals surface area contributed by atoms with Gasteiger partial charge in [-0.3, -0.25) is 9.98 Å². The Kier molecular flexibility index (Phi) is 10.3. The van der Waals surface area contributed by atoms with Crippen molar-refractivity contribution in [1.29, 1.82) is 0 Å². The van der Waals surface area contributed by atoms with Gasteiger partial charge in [0, 0.05) is 45.0 Å². The van der Waals surface area contributed by atoms with E-state index >= 15 is 0 Å². The molecule has 2 rings (SSSR count). The van der Waals surface area contributed by atoms with Crippen molar-refractivity contribution in [3.8, 4) is 0 Å². The van der Waals surface area contributed by atoms with Crippen LogP contribution in [0.4, 0.5) is 0 Å². The normalized spacial score (nSPS) is 15.2. The van der Waals surface area contributed by atoms with Crippen LogP contribution in [0.3, 0.4) is 0 Å². The molecule has 9 heteroatoms. The lowest BCUT2D eigenvalue weighted by Crippen LogP contribution is -2.42. The first kappa shape index (κ1) is 22.1. The molecule has 1 aromatic heterocycles. The first-order valence-corrected chi connectivity index (χ1v) is 10.1. The Balaban J connectivity index is 0.00000312. The molecular formula is C16H28IN5O2S.